The van der Waals surface area contributed by atoms with Crippen molar-refractivity contribution < 1.29 is 13.2 Å². The lowest BCUT2D eigenvalue weighted by Gasteiger charge is -2.09. The van der Waals surface area contributed by atoms with E-state index in [0.29, 0.717) is 5.56 Å². The maximum Gasteiger partial charge on any atom is 0.416 e. The third-order valence-corrected chi connectivity index (χ3v) is 3.06. The Hall–Kier alpha value is -2.88. The van der Waals surface area contributed by atoms with Gasteiger partial charge < -0.3 is 0 Å². The molecule has 112 valence electrons. The van der Waals surface area contributed by atoms with E-state index < -0.39 is 17.3 Å². The van der Waals surface area contributed by atoms with Crippen LogP contribution in [0.4, 0.5) is 13.2 Å². The first kappa shape index (κ1) is 15.5. The van der Waals surface area contributed by atoms with Gasteiger partial charge in [0.05, 0.1) is 11.3 Å². The summed E-state index contributed by atoms with van der Waals surface area (Å²) in [6.07, 6.45) is -1.89. The molecule has 0 saturated carbocycles. The highest BCUT2D eigenvalue weighted by molar-refractivity contribution is 5.71. The fourth-order valence-electron chi connectivity index (χ4n) is 1.92. The Labute approximate surface area is 123 Å². The van der Waals surface area contributed by atoms with Gasteiger partial charge in [0.15, 0.2) is 0 Å². The molecule has 0 fully saturated rings. The fraction of sp³-hybridized carbons (Fsp3) is 0.133. The SMILES string of the molecule is Cc1c(C=Cc2ccccc2C(F)(F)F)n[nH]c(=O)c1C#N. The highest BCUT2D eigenvalue weighted by atomic mass is 19.4. The number of benzene rings is 1. The van der Waals surface area contributed by atoms with Crippen molar-refractivity contribution >= 4 is 12.2 Å². The predicted octanol–water partition coefficient (Wildman–Crippen LogP) is 3.14. The highest BCUT2D eigenvalue weighted by Gasteiger charge is 2.32. The van der Waals surface area contributed by atoms with E-state index in [1.54, 1.807) is 6.07 Å². The van der Waals surface area contributed by atoms with E-state index in [4.69, 9.17) is 5.26 Å². The maximum absolute atomic E-state index is 12.9. The van der Waals surface area contributed by atoms with Crippen molar-refractivity contribution in [2.24, 2.45) is 0 Å². The molecule has 0 atom stereocenters. The van der Waals surface area contributed by atoms with Crippen LogP contribution in [0.1, 0.15) is 27.9 Å². The van der Waals surface area contributed by atoms with Gasteiger partial charge in [-0.05, 0) is 30.2 Å². The van der Waals surface area contributed by atoms with Gasteiger partial charge in [0.1, 0.15) is 11.6 Å². The highest BCUT2D eigenvalue weighted by Crippen LogP contribution is 2.32. The minimum absolute atomic E-state index is 0.0269. The predicted molar refractivity (Wildman–Crippen MR) is 74.7 cm³/mol. The molecule has 2 rings (SSSR count). The number of nitrogens with zero attached hydrogens (tertiary/aromatic N) is 2. The Morgan fingerprint density at radius 2 is 1.95 bits per heavy atom. The number of aromatic nitrogens is 2. The molecular formula is C15H10F3N3O. The molecule has 0 saturated heterocycles. The molecule has 1 aromatic heterocycles. The van der Waals surface area contributed by atoms with E-state index >= 15 is 0 Å². The molecule has 1 aromatic carbocycles. The quantitative estimate of drug-likeness (QED) is 0.926. The van der Waals surface area contributed by atoms with E-state index in [1.165, 1.54) is 37.3 Å². The van der Waals surface area contributed by atoms with Gasteiger partial charge in [0.25, 0.3) is 5.56 Å². The van der Waals surface area contributed by atoms with Crippen molar-refractivity contribution in [1.82, 2.24) is 10.2 Å². The summed E-state index contributed by atoms with van der Waals surface area (Å²) in [6, 6.07) is 6.84. The van der Waals surface area contributed by atoms with Crippen molar-refractivity contribution in [2.45, 2.75) is 13.1 Å². The average molecular weight is 305 g/mol. The Bertz CT molecular complexity index is 829. The van der Waals surface area contributed by atoms with E-state index in [1.807, 2.05) is 0 Å². The van der Waals surface area contributed by atoms with Crippen LogP contribution in [-0.4, -0.2) is 10.2 Å². The molecule has 0 bridgehead atoms. The molecule has 0 amide bonds. The topological polar surface area (TPSA) is 69.5 Å². The summed E-state index contributed by atoms with van der Waals surface area (Å²) in [5.41, 5.74) is -0.999. The number of alkyl halides is 3. The van der Waals surface area contributed by atoms with Crippen LogP contribution in [0.25, 0.3) is 12.2 Å². The number of nitrogens with one attached hydrogen (secondary N) is 1. The number of rotatable bonds is 2. The molecule has 0 aliphatic carbocycles. The monoisotopic (exact) mass is 305 g/mol. The lowest BCUT2D eigenvalue weighted by molar-refractivity contribution is -0.137. The Balaban J connectivity index is 2.48. The fourth-order valence-corrected chi connectivity index (χ4v) is 1.92. The number of H-pyrrole nitrogens is 1. The van der Waals surface area contributed by atoms with Crippen LogP contribution < -0.4 is 5.56 Å². The molecule has 0 radical (unpaired) electrons. The Morgan fingerprint density at radius 1 is 1.27 bits per heavy atom. The lowest BCUT2D eigenvalue weighted by Crippen LogP contribution is -2.15. The van der Waals surface area contributed by atoms with Gasteiger partial charge in [-0.3, -0.25) is 4.79 Å². The van der Waals surface area contributed by atoms with Crippen LogP contribution in [0.2, 0.25) is 0 Å². The van der Waals surface area contributed by atoms with Crippen LogP contribution in [0.5, 0.6) is 0 Å². The molecule has 4 nitrogen and oxygen atoms in total. The smallest absolute Gasteiger partial charge is 0.267 e. The zero-order valence-corrected chi connectivity index (χ0v) is 11.4. The summed E-state index contributed by atoms with van der Waals surface area (Å²) < 4.78 is 38.7. The number of nitriles is 1. The van der Waals surface area contributed by atoms with Crippen LogP contribution in [0.15, 0.2) is 29.1 Å². The summed E-state index contributed by atoms with van der Waals surface area (Å²) in [5, 5.41) is 14.8. The second-order valence-corrected chi connectivity index (χ2v) is 4.47. The van der Waals surface area contributed by atoms with Crippen LogP contribution >= 0.6 is 0 Å². The number of halogens is 3. The minimum Gasteiger partial charge on any atom is -0.267 e. The van der Waals surface area contributed by atoms with Gasteiger partial charge in [0, 0.05) is 0 Å². The molecule has 22 heavy (non-hydrogen) atoms. The first-order chi connectivity index (χ1) is 10.3. The van der Waals surface area contributed by atoms with Gasteiger partial charge in [-0.15, -0.1) is 0 Å². The van der Waals surface area contributed by atoms with Crippen LogP contribution in [0, 0.1) is 18.3 Å². The first-order valence-corrected chi connectivity index (χ1v) is 6.18. The third kappa shape index (κ3) is 3.06. The Kier molecular flexibility index (Phi) is 4.13. The molecule has 0 unspecified atom stereocenters. The molecule has 1 heterocycles. The van der Waals surface area contributed by atoms with Crippen LogP contribution in [-0.2, 0) is 6.18 Å². The van der Waals surface area contributed by atoms with Crippen molar-refractivity contribution in [3.63, 3.8) is 0 Å². The van der Waals surface area contributed by atoms with Gasteiger partial charge in [-0.2, -0.15) is 23.5 Å². The molecular weight excluding hydrogens is 295 g/mol. The first-order valence-electron chi connectivity index (χ1n) is 6.18. The third-order valence-electron chi connectivity index (χ3n) is 3.06. The summed E-state index contributed by atoms with van der Waals surface area (Å²) in [7, 11) is 0. The summed E-state index contributed by atoms with van der Waals surface area (Å²) in [6.45, 7) is 1.51. The van der Waals surface area contributed by atoms with E-state index in [2.05, 4.69) is 10.2 Å². The number of hydrogen-bond acceptors (Lipinski definition) is 3. The normalized spacial score (nSPS) is 11.6. The number of aromatic amines is 1. The zero-order chi connectivity index (χ0) is 16.3. The van der Waals surface area contributed by atoms with Crippen molar-refractivity contribution in [3.05, 3.63) is 62.6 Å². The van der Waals surface area contributed by atoms with E-state index in [-0.39, 0.29) is 16.8 Å². The molecule has 7 heteroatoms. The van der Waals surface area contributed by atoms with E-state index in [9.17, 15) is 18.0 Å². The standard InChI is InChI=1S/C15H10F3N3O/c1-9-11(8-19)14(22)21-20-13(9)7-6-10-4-2-3-5-12(10)15(16,17)18/h2-7H,1H3,(H,21,22). The summed E-state index contributed by atoms with van der Waals surface area (Å²) >= 11 is 0. The van der Waals surface area contributed by atoms with Gasteiger partial charge >= 0.3 is 6.18 Å². The van der Waals surface area contributed by atoms with E-state index in [0.717, 1.165) is 6.07 Å². The van der Waals surface area contributed by atoms with Crippen molar-refractivity contribution in [1.29, 1.82) is 5.26 Å². The molecule has 0 aliphatic rings. The van der Waals surface area contributed by atoms with Gasteiger partial charge in [-0.25, -0.2) is 5.10 Å². The summed E-state index contributed by atoms with van der Waals surface area (Å²) in [5.74, 6) is 0. The van der Waals surface area contributed by atoms with Gasteiger partial charge in [0.2, 0.25) is 0 Å². The second kappa shape index (κ2) is 5.85. The average Bonchev–Trinajstić information content (AvgIpc) is 2.46. The summed E-state index contributed by atoms with van der Waals surface area (Å²) in [4.78, 5) is 11.4. The largest absolute Gasteiger partial charge is 0.416 e. The molecule has 1 N–H and O–H groups in total. The van der Waals surface area contributed by atoms with Crippen molar-refractivity contribution in [2.75, 3.05) is 0 Å². The van der Waals surface area contributed by atoms with Crippen LogP contribution in [0.3, 0.4) is 0 Å². The van der Waals surface area contributed by atoms with Crippen molar-refractivity contribution in [3.8, 4) is 6.07 Å². The van der Waals surface area contributed by atoms with Gasteiger partial charge in [-0.1, -0.05) is 24.3 Å². The number of hydrogen-bond donors (Lipinski definition) is 1. The molecule has 2 aromatic rings. The molecule has 0 aliphatic heterocycles. The minimum atomic E-state index is -4.47. The zero-order valence-electron chi connectivity index (χ0n) is 11.4. The maximum atomic E-state index is 12.9. The molecule has 0 spiro atoms. The second-order valence-electron chi connectivity index (χ2n) is 4.47. The Morgan fingerprint density at radius 3 is 2.59 bits per heavy atom. The lowest BCUT2D eigenvalue weighted by atomic mass is 10.0.